The summed E-state index contributed by atoms with van der Waals surface area (Å²) >= 11 is 0. The Bertz CT molecular complexity index is 613. The van der Waals surface area contributed by atoms with Crippen molar-refractivity contribution in [2.75, 3.05) is 27.3 Å². The van der Waals surface area contributed by atoms with E-state index in [1.165, 1.54) is 24.8 Å². The predicted octanol–water partition coefficient (Wildman–Crippen LogP) is 5.44. The van der Waals surface area contributed by atoms with E-state index in [1.54, 1.807) is 0 Å². The quantitative estimate of drug-likeness (QED) is 0.303. The molecular formula is C23H34NO2+. The van der Waals surface area contributed by atoms with Gasteiger partial charge in [0.05, 0.1) is 20.7 Å². The molecule has 0 radical (unpaired) electrons. The van der Waals surface area contributed by atoms with E-state index in [9.17, 15) is 0 Å². The number of nitrogens with zero attached hydrogens (tertiary/aromatic N) is 1. The first-order valence-electron chi connectivity index (χ1n) is 9.73. The highest BCUT2D eigenvalue weighted by Crippen LogP contribution is 2.32. The molecule has 0 spiro atoms. The lowest BCUT2D eigenvalue weighted by molar-refractivity contribution is -0.964. The fraction of sp³-hybridized carbons (Fsp3) is 0.478. The Morgan fingerprint density at radius 1 is 0.885 bits per heavy atom. The highest BCUT2D eigenvalue weighted by atomic mass is 16.5. The van der Waals surface area contributed by atoms with Gasteiger partial charge in [-0.3, -0.25) is 4.48 Å². The van der Waals surface area contributed by atoms with Crippen LogP contribution in [0.25, 0.3) is 0 Å². The lowest BCUT2D eigenvalue weighted by Crippen LogP contribution is -2.51. The SMILES string of the molecule is CCCCC(c1ccccc1)[N+](C)(C)C(C)OCCOc1ccccc1. The van der Waals surface area contributed by atoms with Crippen LogP contribution in [0.5, 0.6) is 5.75 Å². The van der Waals surface area contributed by atoms with Crippen molar-refractivity contribution in [2.24, 2.45) is 0 Å². The van der Waals surface area contributed by atoms with Gasteiger partial charge in [0.1, 0.15) is 18.4 Å². The van der Waals surface area contributed by atoms with Crippen LogP contribution in [0.1, 0.15) is 44.7 Å². The number of quaternary nitrogens is 1. The van der Waals surface area contributed by atoms with Crippen LogP contribution in [0, 0.1) is 0 Å². The van der Waals surface area contributed by atoms with E-state index in [1.807, 2.05) is 30.3 Å². The van der Waals surface area contributed by atoms with Crippen LogP contribution >= 0.6 is 0 Å². The number of para-hydroxylation sites is 1. The standard InChI is InChI=1S/C23H34NO2/c1-5-6-17-23(21-13-9-7-10-14-21)24(3,4)20(2)25-18-19-26-22-15-11-8-12-16-22/h7-16,20,23H,5-6,17-19H2,1-4H3/q+1. The summed E-state index contributed by atoms with van der Waals surface area (Å²) in [7, 11) is 4.55. The topological polar surface area (TPSA) is 18.5 Å². The number of unbranched alkanes of at least 4 members (excludes halogenated alkanes) is 1. The normalized spacial score (nSPS) is 14.0. The first kappa shape index (κ1) is 20.5. The highest BCUT2D eigenvalue weighted by molar-refractivity contribution is 5.20. The monoisotopic (exact) mass is 356 g/mol. The number of benzene rings is 2. The molecule has 0 aliphatic carbocycles. The van der Waals surface area contributed by atoms with E-state index < -0.39 is 0 Å². The van der Waals surface area contributed by atoms with Gasteiger partial charge in [0.2, 0.25) is 0 Å². The molecule has 2 aromatic carbocycles. The van der Waals surface area contributed by atoms with Gasteiger partial charge in [0.15, 0.2) is 6.23 Å². The molecule has 0 aromatic heterocycles. The summed E-state index contributed by atoms with van der Waals surface area (Å²) in [5, 5.41) is 0. The molecule has 2 atom stereocenters. The maximum Gasteiger partial charge on any atom is 0.190 e. The molecule has 142 valence electrons. The van der Waals surface area contributed by atoms with Crippen molar-refractivity contribution < 1.29 is 14.0 Å². The van der Waals surface area contributed by atoms with Gasteiger partial charge < -0.3 is 9.47 Å². The summed E-state index contributed by atoms with van der Waals surface area (Å²) in [5.74, 6) is 0.891. The minimum absolute atomic E-state index is 0.0939. The van der Waals surface area contributed by atoms with Crippen LogP contribution in [0.3, 0.4) is 0 Å². The molecule has 0 heterocycles. The molecule has 3 heteroatoms. The zero-order chi connectivity index (χ0) is 18.8. The number of rotatable bonds is 11. The van der Waals surface area contributed by atoms with Gasteiger partial charge in [-0.1, -0.05) is 61.9 Å². The predicted molar refractivity (Wildman–Crippen MR) is 108 cm³/mol. The molecule has 0 bridgehead atoms. The third-order valence-corrected chi connectivity index (χ3v) is 5.21. The number of hydrogen-bond acceptors (Lipinski definition) is 2. The zero-order valence-electron chi connectivity index (χ0n) is 16.7. The molecule has 2 unspecified atom stereocenters. The molecular weight excluding hydrogens is 322 g/mol. The second-order valence-electron chi connectivity index (χ2n) is 7.33. The molecule has 0 aliphatic rings. The van der Waals surface area contributed by atoms with Crippen molar-refractivity contribution in [2.45, 2.75) is 45.4 Å². The molecule has 0 aliphatic heterocycles. The lowest BCUT2D eigenvalue weighted by Gasteiger charge is -2.42. The Balaban J connectivity index is 1.93. The van der Waals surface area contributed by atoms with E-state index in [0.717, 1.165) is 10.2 Å². The summed E-state index contributed by atoms with van der Waals surface area (Å²) in [4.78, 5) is 0. The number of hydrogen-bond donors (Lipinski definition) is 0. The van der Waals surface area contributed by atoms with Crippen molar-refractivity contribution in [3.63, 3.8) is 0 Å². The molecule has 0 N–H and O–H groups in total. The second-order valence-corrected chi connectivity index (χ2v) is 7.33. The van der Waals surface area contributed by atoms with Crippen LogP contribution in [0.4, 0.5) is 0 Å². The largest absolute Gasteiger partial charge is 0.491 e. The third kappa shape index (κ3) is 5.86. The molecule has 0 amide bonds. The molecule has 0 fully saturated rings. The van der Waals surface area contributed by atoms with Crippen molar-refractivity contribution in [3.05, 3.63) is 66.2 Å². The van der Waals surface area contributed by atoms with Gasteiger partial charge in [-0.25, -0.2) is 0 Å². The second kappa shape index (κ2) is 10.3. The smallest absolute Gasteiger partial charge is 0.190 e. The van der Waals surface area contributed by atoms with Crippen LogP contribution in [0.15, 0.2) is 60.7 Å². The fourth-order valence-electron chi connectivity index (χ4n) is 3.30. The Kier molecular flexibility index (Phi) is 8.14. The summed E-state index contributed by atoms with van der Waals surface area (Å²) < 4.78 is 12.7. The Morgan fingerprint density at radius 3 is 2.12 bits per heavy atom. The van der Waals surface area contributed by atoms with Gasteiger partial charge >= 0.3 is 0 Å². The minimum Gasteiger partial charge on any atom is -0.491 e. The Morgan fingerprint density at radius 2 is 1.50 bits per heavy atom. The molecule has 0 saturated heterocycles. The van der Waals surface area contributed by atoms with Crippen molar-refractivity contribution in [1.82, 2.24) is 0 Å². The Hall–Kier alpha value is -1.84. The molecule has 26 heavy (non-hydrogen) atoms. The van der Waals surface area contributed by atoms with E-state index in [-0.39, 0.29) is 6.23 Å². The molecule has 2 aromatic rings. The molecule has 2 rings (SSSR count). The Labute approximate surface area is 159 Å². The van der Waals surface area contributed by atoms with Crippen LogP contribution in [-0.4, -0.2) is 38.0 Å². The maximum absolute atomic E-state index is 6.16. The minimum atomic E-state index is 0.0939. The number of ether oxygens (including phenoxy) is 2. The summed E-state index contributed by atoms with van der Waals surface area (Å²) in [6.45, 7) is 5.58. The van der Waals surface area contributed by atoms with Crippen LogP contribution in [-0.2, 0) is 4.74 Å². The van der Waals surface area contributed by atoms with Gasteiger partial charge in [0, 0.05) is 18.9 Å². The average molecular weight is 357 g/mol. The summed E-state index contributed by atoms with van der Waals surface area (Å²) in [6.07, 6.45) is 3.70. The van der Waals surface area contributed by atoms with E-state index in [2.05, 4.69) is 58.3 Å². The van der Waals surface area contributed by atoms with Gasteiger partial charge in [-0.15, -0.1) is 0 Å². The van der Waals surface area contributed by atoms with E-state index in [0.29, 0.717) is 19.3 Å². The van der Waals surface area contributed by atoms with Gasteiger partial charge in [-0.2, -0.15) is 0 Å². The van der Waals surface area contributed by atoms with E-state index >= 15 is 0 Å². The van der Waals surface area contributed by atoms with Crippen molar-refractivity contribution in [1.29, 1.82) is 0 Å². The maximum atomic E-state index is 6.16. The van der Waals surface area contributed by atoms with E-state index in [4.69, 9.17) is 9.47 Å². The van der Waals surface area contributed by atoms with Gasteiger partial charge in [-0.05, 0) is 18.6 Å². The van der Waals surface area contributed by atoms with Crippen molar-refractivity contribution >= 4 is 0 Å². The summed E-state index contributed by atoms with van der Waals surface area (Å²) in [5.41, 5.74) is 1.39. The first-order chi connectivity index (χ1) is 12.6. The third-order valence-electron chi connectivity index (χ3n) is 5.21. The molecule has 3 nitrogen and oxygen atoms in total. The first-order valence-corrected chi connectivity index (χ1v) is 9.73. The lowest BCUT2D eigenvalue weighted by atomic mass is 9.97. The fourth-order valence-corrected chi connectivity index (χ4v) is 3.30. The summed E-state index contributed by atoms with van der Waals surface area (Å²) in [6, 6.07) is 21.2. The molecule has 0 saturated carbocycles. The van der Waals surface area contributed by atoms with Gasteiger partial charge in [0.25, 0.3) is 0 Å². The highest BCUT2D eigenvalue weighted by Gasteiger charge is 2.35. The zero-order valence-corrected chi connectivity index (χ0v) is 16.7. The van der Waals surface area contributed by atoms with Crippen molar-refractivity contribution in [3.8, 4) is 5.75 Å². The van der Waals surface area contributed by atoms with Crippen LogP contribution in [0.2, 0.25) is 0 Å². The average Bonchev–Trinajstić information content (AvgIpc) is 2.67. The van der Waals surface area contributed by atoms with Crippen LogP contribution < -0.4 is 4.74 Å².